The third-order valence-electron chi connectivity index (χ3n) is 6.70. The van der Waals surface area contributed by atoms with Gasteiger partial charge < -0.3 is 19.8 Å². The Morgan fingerprint density at radius 3 is 2.40 bits per heavy atom. The predicted molar refractivity (Wildman–Crippen MR) is 160 cm³/mol. The van der Waals surface area contributed by atoms with Gasteiger partial charge in [0, 0.05) is 23.6 Å². The second-order valence-electron chi connectivity index (χ2n) is 9.51. The molecule has 0 fully saturated rings. The minimum Gasteiger partial charge on any atom is -0.489 e. The van der Waals surface area contributed by atoms with E-state index in [1.54, 1.807) is 26.0 Å². The van der Waals surface area contributed by atoms with E-state index in [0.29, 0.717) is 51.5 Å². The van der Waals surface area contributed by atoms with Crippen molar-refractivity contribution in [3.63, 3.8) is 0 Å². The molecular formula is C31H28N4O6S. The van der Waals surface area contributed by atoms with Crippen molar-refractivity contribution in [2.75, 3.05) is 11.9 Å². The standard InChI is InChI=1S/C31H28N4O6S/c1-3-40-30(37)25-19(2)32-28-27(26(25)22-11-15-24(16-12-22)41-17-20-7-5-4-6-8-20)29(36)34-31(33-28)42-18-21-9-13-23(14-10-21)35(38)39/h4-16,26H,3,17-18H2,1-2H3,(H2,32,33,34,36). The maximum absolute atomic E-state index is 13.5. The van der Waals surface area contributed by atoms with Crippen LogP contribution in [0.1, 0.15) is 42.0 Å². The number of nitro benzene ring substituents is 1. The van der Waals surface area contributed by atoms with Gasteiger partial charge in [0.15, 0.2) is 5.16 Å². The molecule has 3 aromatic carbocycles. The Balaban J connectivity index is 1.43. The summed E-state index contributed by atoms with van der Waals surface area (Å²) in [7, 11) is 0. The molecule has 4 aromatic rings. The molecule has 0 aliphatic carbocycles. The van der Waals surface area contributed by atoms with E-state index in [4.69, 9.17) is 9.47 Å². The second-order valence-corrected chi connectivity index (χ2v) is 10.5. The van der Waals surface area contributed by atoms with Gasteiger partial charge >= 0.3 is 5.97 Å². The first-order valence-corrected chi connectivity index (χ1v) is 14.2. The second kappa shape index (κ2) is 12.7. The van der Waals surface area contributed by atoms with Crippen molar-refractivity contribution < 1.29 is 19.2 Å². The average molecular weight is 585 g/mol. The molecule has 11 heteroatoms. The van der Waals surface area contributed by atoms with Crippen molar-refractivity contribution in [2.45, 2.75) is 37.3 Å². The Labute approximate surface area is 246 Å². The lowest BCUT2D eigenvalue weighted by Crippen LogP contribution is -2.31. The highest BCUT2D eigenvalue weighted by atomic mass is 32.2. The maximum atomic E-state index is 13.5. The number of H-pyrrole nitrogens is 1. The molecular weight excluding hydrogens is 556 g/mol. The number of rotatable bonds is 10. The largest absolute Gasteiger partial charge is 0.489 e. The van der Waals surface area contributed by atoms with Crippen LogP contribution in [0.15, 0.2) is 100 Å². The lowest BCUT2D eigenvalue weighted by molar-refractivity contribution is -0.384. The van der Waals surface area contributed by atoms with E-state index in [1.807, 2.05) is 54.6 Å². The molecule has 214 valence electrons. The van der Waals surface area contributed by atoms with Gasteiger partial charge in [0.1, 0.15) is 18.2 Å². The summed E-state index contributed by atoms with van der Waals surface area (Å²) in [6.07, 6.45) is 0. The lowest BCUT2D eigenvalue weighted by atomic mass is 9.82. The van der Waals surface area contributed by atoms with Crippen LogP contribution >= 0.6 is 11.8 Å². The number of benzene rings is 3. The van der Waals surface area contributed by atoms with Crippen molar-refractivity contribution >= 4 is 29.2 Å². The molecule has 1 atom stereocenters. The van der Waals surface area contributed by atoms with Gasteiger partial charge in [-0.2, -0.15) is 0 Å². The molecule has 0 radical (unpaired) electrons. The minimum absolute atomic E-state index is 0.00904. The molecule has 0 saturated carbocycles. The maximum Gasteiger partial charge on any atom is 0.336 e. The number of nitrogens with zero attached hydrogens (tertiary/aromatic N) is 2. The zero-order valence-corrected chi connectivity index (χ0v) is 23.8. The number of fused-ring (bicyclic) bond motifs is 1. The number of carbonyl (C=O) groups is 1. The smallest absolute Gasteiger partial charge is 0.336 e. The van der Waals surface area contributed by atoms with Crippen molar-refractivity contribution in [2.24, 2.45) is 0 Å². The summed E-state index contributed by atoms with van der Waals surface area (Å²) in [6.45, 7) is 4.09. The van der Waals surface area contributed by atoms with Gasteiger partial charge in [0.2, 0.25) is 0 Å². The van der Waals surface area contributed by atoms with Crippen LogP contribution in [0.5, 0.6) is 5.75 Å². The summed E-state index contributed by atoms with van der Waals surface area (Å²) in [4.78, 5) is 44.6. The van der Waals surface area contributed by atoms with Gasteiger partial charge in [0.25, 0.3) is 11.2 Å². The number of hydrogen-bond donors (Lipinski definition) is 2. The van der Waals surface area contributed by atoms with E-state index in [2.05, 4.69) is 15.3 Å². The summed E-state index contributed by atoms with van der Waals surface area (Å²) in [5, 5.41) is 14.4. The lowest BCUT2D eigenvalue weighted by Gasteiger charge is -2.29. The highest BCUT2D eigenvalue weighted by molar-refractivity contribution is 7.98. The fourth-order valence-electron chi connectivity index (χ4n) is 4.68. The Morgan fingerprint density at radius 1 is 1.02 bits per heavy atom. The summed E-state index contributed by atoms with van der Waals surface area (Å²) in [5.74, 6) is 0.216. The molecule has 2 N–H and O–H groups in total. The number of esters is 1. The van der Waals surface area contributed by atoms with E-state index in [0.717, 1.165) is 11.1 Å². The highest BCUT2D eigenvalue weighted by Crippen LogP contribution is 2.40. The first-order chi connectivity index (χ1) is 20.3. The van der Waals surface area contributed by atoms with Crippen LogP contribution in [0.3, 0.4) is 0 Å². The Kier molecular flexibility index (Phi) is 8.68. The molecule has 1 aliphatic heterocycles. The Hall–Kier alpha value is -4.90. The molecule has 2 heterocycles. The number of aromatic amines is 1. The predicted octanol–water partition coefficient (Wildman–Crippen LogP) is 5.94. The molecule has 10 nitrogen and oxygen atoms in total. The number of nitro groups is 1. The van der Waals surface area contributed by atoms with Crippen molar-refractivity contribution in [3.05, 3.63) is 133 Å². The molecule has 0 amide bonds. The molecule has 1 aliphatic rings. The molecule has 1 unspecified atom stereocenters. The summed E-state index contributed by atoms with van der Waals surface area (Å²) in [6, 6.07) is 23.3. The average Bonchev–Trinajstić information content (AvgIpc) is 2.99. The molecule has 1 aromatic heterocycles. The van der Waals surface area contributed by atoms with Crippen LogP contribution in [0.25, 0.3) is 0 Å². The number of nitrogens with one attached hydrogen (secondary N) is 2. The molecule has 0 saturated heterocycles. The number of ether oxygens (including phenoxy) is 2. The van der Waals surface area contributed by atoms with Crippen molar-refractivity contribution in [1.82, 2.24) is 9.97 Å². The van der Waals surface area contributed by atoms with Crippen LogP contribution in [-0.2, 0) is 21.9 Å². The quantitative estimate of drug-likeness (QED) is 0.0762. The van der Waals surface area contributed by atoms with Crippen LogP contribution < -0.4 is 15.6 Å². The number of hydrogen-bond acceptors (Lipinski definition) is 9. The third kappa shape index (κ3) is 6.36. The highest BCUT2D eigenvalue weighted by Gasteiger charge is 2.36. The van der Waals surface area contributed by atoms with Gasteiger partial charge in [-0.05, 0) is 42.7 Å². The zero-order valence-electron chi connectivity index (χ0n) is 23.0. The van der Waals surface area contributed by atoms with Crippen LogP contribution in [0.2, 0.25) is 0 Å². The van der Waals surface area contributed by atoms with Crippen LogP contribution in [0.4, 0.5) is 11.5 Å². The molecule has 0 spiro atoms. The number of carbonyl (C=O) groups excluding carboxylic acids is 1. The van der Waals surface area contributed by atoms with Gasteiger partial charge in [-0.15, -0.1) is 0 Å². The number of allylic oxidation sites excluding steroid dienone is 1. The normalized spacial score (nSPS) is 14.1. The van der Waals surface area contributed by atoms with E-state index in [1.165, 1.54) is 23.9 Å². The fraction of sp³-hybridized carbons (Fsp3) is 0.194. The fourth-order valence-corrected chi connectivity index (χ4v) is 5.49. The van der Waals surface area contributed by atoms with Gasteiger partial charge in [-0.25, -0.2) is 9.78 Å². The first kappa shape index (κ1) is 28.6. The van der Waals surface area contributed by atoms with Crippen LogP contribution in [-0.4, -0.2) is 27.5 Å². The minimum atomic E-state index is -0.714. The molecule has 5 rings (SSSR count). The number of anilines is 1. The van der Waals surface area contributed by atoms with Crippen LogP contribution in [0, 0.1) is 10.1 Å². The van der Waals surface area contributed by atoms with Gasteiger partial charge in [-0.1, -0.05) is 66.4 Å². The molecule has 42 heavy (non-hydrogen) atoms. The van der Waals surface area contributed by atoms with Gasteiger partial charge in [-0.3, -0.25) is 14.9 Å². The summed E-state index contributed by atoms with van der Waals surface area (Å²) in [5.41, 5.74) is 3.40. The Bertz CT molecular complexity index is 1690. The van der Waals surface area contributed by atoms with E-state index < -0.39 is 16.8 Å². The third-order valence-corrected chi connectivity index (χ3v) is 7.65. The SMILES string of the molecule is CCOC(=O)C1=C(C)Nc2nc(SCc3ccc([N+](=O)[O-])cc3)[nH]c(=O)c2C1c1ccc(OCc2ccccc2)cc1. The molecule has 0 bridgehead atoms. The number of non-ortho nitro benzene ring substituents is 1. The summed E-state index contributed by atoms with van der Waals surface area (Å²) >= 11 is 1.29. The zero-order chi connectivity index (χ0) is 29.6. The summed E-state index contributed by atoms with van der Waals surface area (Å²) < 4.78 is 11.3. The van der Waals surface area contributed by atoms with E-state index in [9.17, 15) is 19.7 Å². The monoisotopic (exact) mass is 584 g/mol. The first-order valence-electron chi connectivity index (χ1n) is 13.3. The van der Waals surface area contributed by atoms with E-state index in [-0.39, 0.29) is 17.9 Å². The number of thioether (sulfide) groups is 1. The van der Waals surface area contributed by atoms with Crippen molar-refractivity contribution in [3.8, 4) is 5.75 Å². The topological polar surface area (TPSA) is 136 Å². The van der Waals surface area contributed by atoms with Crippen molar-refractivity contribution in [1.29, 1.82) is 0 Å². The Morgan fingerprint density at radius 2 is 1.74 bits per heavy atom. The van der Waals surface area contributed by atoms with E-state index >= 15 is 0 Å². The number of aromatic nitrogens is 2. The van der Waals surface area contributed by atoms with Gasteiger partial charge in [0.05, 0.1) is 28.6 Å².